The lowest BCUT2D eigenvalue weighted by atomic mass is 10.2. The van der Waals surface area contributed by atoms with Crippen molar-refractivity contribution in [3.63, 3.8) is 0 Å². The molecule has 3 N–H and O–H groups in total. The Labute approximate surface area is 87.1 Å². The quantitative estimate of drug-likeness (QED) is 0.688. The van der Waals surface area contributed by atoms with Crippen LogP contribution in [0.25, 0.3) is 0 Å². The molecule has 0 spiro atoms. The van der Waals surface area contributed by atoms with Gasteiger partial charge in [0.1, 0.15) is 5.37 Å². The summed E-state index contributed by atoms with van der Waals surface area (Å²) in [4.78, 5) is 11.3. The van der Waals surface area contributed by atoms with Crippen LogP contribution in [0.2, 0.25) is 0 Å². The summed E-state index contributed by atoms with van der Waals surface area (Å²) in [6.45, 7) is 1.91. The summed E-state index contributed by atoms with van der Waals surface area (Å²) < 4.78 is 0. The van der Waals surface area contributed by atoms with Gasteiger partial charge in [0, 0.05) is 5.69 Å². The monoisotopic (exact) mass is 208 g/mol. The molecule has 74 valence electrons. The number of anilines is 1. The fraction of sp³-hybridized carbons (Fsp3) is 0.300. The zero-order valence-electron chi connectivity index (χ0n) is 7.86. The number of hydrogen-bond donors (Lipinski definition) is 2. The van der Waals surface area contributed by atoms with Crippen LogP contribution in [-0.4, -0.2) is 11.2 Å². The van der Waals surface area contributed by atoms with Gasteiger partial charge in [-0.1, -0.05) is 12.1 Å². The summed E-state index contributed by atoms with van der Waals surface area (Å²) in [7, 11) is 0. The number of hydrogen-bond acceptors (Lipinski definition) is 3. The van der Waals surface area contributed by atoms with Gasteiger partial charge in [0.25, 0.3) is 0 Å². The Morgan fingerprint density at radius 3 is 2.50 bits per heavy atom. The van der Waals surface area contributed by atoms with Crippen molar-refractivity contribution in [2.24, 2.45) is 0 Å². The van der Waals surface area contributed by atoms with Gasteiger partial charge in [-0.15, -0.1) is 11.8 Å². The van der Waals surface area contributed by atoms with Crippen LogP contribution in [-0.2, 0) is 4.79 Å². The topological polar surface area (TPSA) is 55.1 Å². The van der Waals surface area contributed by atoms with Crippen LogP contribution in [0.1, 0.15) is 17.9 Å². The van der Waals surface area contributed by atoms with Gasteiger partial charge in [-0.25, -0.2) is 0 Å². The number of carbonyl (C=O) groups excluding carboxylic acids is 1. The second-order valence-electron chi connectivity index (χ2n) is 3.33. The molecule has 1 fully saturated rings. The molecular formula is C10H12N2OS. The number of nitrogens with two attached hydrogens (primary N) is 1. The molecule has 0 saturated carbocycles. The predicted molar refractivity (Wildman–Crippen MR) is 58.8 cm³/mol. The first kappa shape index (κ1) is 9.40. The predicted octanol–water partition coefficient (Wildman–Crippen LogP) is 1.52. The van der Waals surface area contributed by atoms with Gasteiger partial charge in [0.15, 0.2) is 0 Å². The van der Waals surface area contributed by atoms with E-state index in [2.05, 4.69) is 5.32 Å². The molecule has 0 aliphatic carbocycles. The lowest BCUT2D eigenvalue weighted by molar-refractivity contribution is -0.119. The smallest absolute Gasteiger partial charge is 0.234 e. The summed E-state index contributed by atoms with van der Waals surface area (Å²) in [5.74, 6) is 0.108. The van der Waals surface area contributed by atoms with E-state index in [9.17, 15) is 4.79 Å². The van der Waals surface area contributed by atoms with Gasteiger partial charge in [0.05, 0.1) is 5.25 Å². The van der Waals surface area contributed by atoms with E-state index in [4.69, 9.17) is 5.73 Å². The highest BCUT2D eigenvalue weighted by Crippen LogP contribution is 2.35. The lowest BCUT2D eigenvalue weighted by Crippen LogP contribution is -2.22. The SMILES string of the molecule is CC1SC(c2ccc(N)cc2)NC1=O. The Morgan fingerprint density at radius 2 is 2.00 bits per heavy atom. The normalized spacial score (nSPS) is 26.2. The molecule has 2 atom stereocenters. The highest BCUT2D eigenvalue weighted by molar-refractivity contribution is 8.01. The van der Waals surface area contributed by atoms with E-state index < -0.39 is 0 Å². The average molecular weight is 208 g/mol. The Kier molecular flexibility index (Phi) is 2.37. The van der Waals surface area contributed by atoms with Crippen LogP contribution >= 0.6 is 11.8 Å². The number of amides is 1. The summed E-state index contributed by atoms with van der Waals surface area (Å²) in [6, 6.07) is 7.60. The fourth-order valence-electron chi connectivity index (χ4n) is 1.38. The molecule has 1 heterocycles. The van der Waals surface area contributed by atoms with Crippen molar-refractivity contribution in [2.45, 2.75) is 17.5 Å². The van der Waals surface area contributed by atoms with Crippen LogP contribution in [0.3, 0.4) is 0 Å². The molecule has 1 aromatic rings. The minimum Gasteiger partial charge on any atom is -0.399 e. The summed E-state index contributed by atoms with van der Waals surface area (Å²) >= 11 is 1.63. The Balaban J connectivity index is 2.17. The first-order valence-electron chi connectivity index (χ1n) is 4.48. The van der Waals surface area contributed by atoms with Gasteiger partial charge < -0.3 is 11.1 Å². The standard InChI is InChI=1S/C10H12N2OS/c1-6-9(13)12-10(14-6)7-2-4-8(11)5-3-7/h2-6,10H,11H2,1H3,(H,12,13). The Hall–Kier alpha value is -1.16. The highest BCUT2D eigenvalue weighted by Gasteiger charge is 2.29. The van der Waals surface area contributed by atoms with E-state index in [1.807, 2.05) is 31.2 Å². The van der Waals surface area contributed by atoms with Crippen molar-refractivity contribution in [3.8, 4) is 0 Å². The molecule has 1 saturated heterocycles. The maximum Gasteiger partial charge on any atom is 0.234 e. The van der Waals surface area contributed by atoms with Crippen molar-refractivity contribution in [2.75, 3.05) is 5.73 Å². The van der Waals surface area contributed by atoms with E-state index >= 15 is 0 Å². The van der Waals surface area contributed by atoms with E-state index in [0.717, 1.165) is 11.3 Å². The first-order chi connectivity index (χ1) is 6.66. The molecule has 1 aliphatic heterocycles. The fourth-order valence-corrected chi connectivity index (χ4v) is 2.48. The molecule has 14 heavy (non-hydrogen) atoms. The number of carbonyl (C=O) groups is 1. The van der Waals surface area contributed by atoms with E-state index in [1.54, 1.807) is 11.8 Å². The van der Waals surface area contributed by atoms with Gasteiger partial charge in [-0.2, -0.15) is 0 Å². The lowest BCUT2D eigenvalue weighted by Gasteiger charge is -2.09. The summed E-state index contributed by atoms with van der Waals surface area (Å²) in [5, 5.41) is 3.04. The second-order valence-corrected chi connectivity index (χ2v) is 4.78. The van der Waals surface area contributed by atoms with Crippen LogP contribution in [0.5, 0.6) is 0 Å². The summed E-state index contributed by atoms with van der Waals surface area (Å²) in [5.41, 5.74) is 7.43. The van der Waals surface area contributed by atoms with Gasteiger partial charge in [-0.3, -0.25) is 4.79 Å². The van der Waals surface area contributed by atoms with E-state index in [-0.39, 0.29) is 16.5 Å². The molecule has 1 aliphatic rings. The molecule has 4 heteroatoms. The third-order valence-corrected chi connectivity index (χ3v) is 3.51. The van der Waals surface area contributed by atoms with Gasteiger partial charge >= 0.3 is 0 Å². The van der Waals surface area contributed by atoms with Crippen LogP contribution < -0.4 is 11.1 Å². The molecular weight excluding hydrogens is 196 g/mol. The number of benzene rings is 1. The van der Waals surface area contributed by atoms with Crippen molar-refractivity contribution >= 4 is 23.4 Å². The number of nitrogens with one attached hydrogen (secondary N) is 1. The first-order valence-corrected chi connectivity index (χ1v) is 5.42. The van der Waals surface area contributed by atoms with Crippen LogP contribution in [0.15, 0.2) is 24.3 Å². The molecule has 1 aromatic carbocycles. The molecule has 1 amide bonds. The molecule has 2 rings (SSSR count). The zero-order chi connectivity index (χ0) is 10.1. The van der Waals surface area contributed by atoms with E-state index in [1.165, 1.54) is 0 Å². The second kappa shape index (κ2) is 3.53. The summed E-state index contributed by atoms with van der Waals surface area (Å²) in [6.07, 6.45) is 0. The van der Waals surface area contributed by atoms with Crippen molar-refractivity contribution in [1.82, 2.24) is 5.32 Å². The van der Waals surface area contributed by atoms with Crippen molar-refractivity contribution in [3.05, 3.63) is 29.8 Å². The zero-order valence-corrected chi connectivity index (χ0v) is 8.67. The number of thioether (sulfide) groups is 1. The number of nitrogen functional groups attached to an aromatic ring is 1. The minimum atomic E-state index is 0.0394. The molecule has 2 unspecified atom stereocenters. The maximum absolute atomic E-state index is 11.3. The average Bonchev–Trinajstić information content (AvgIpc) is 2.48. The Bertz CT molecular complexity index is 350. The van der Waals surface area contributed by atoms with Crippen LogP contribution in [0.4, 0.5) is 5.69 Å². The van der Waals surface area contributed by atoms with Crippen LogP contribution in [0, 0.1) is 0 Å². The minimum absolute atomic E-state index is 0.0394. The number of rotatable bonds is 1. The third-order valence-electron chi connectivity index (χ3n) is 2.22. The molecule has 0 radical (unpaired) electrons. The maximum atomic E-state index is 11.3. The highest BCUT2D eigenvalue weighted by atomic mass is 32.2. The van der Waals surface area contributed by atoms with Gasteiger partial charge in [-0.05, 0) is 24.6 Å². The van der Waals surface area contributed by atoms with Crippen molar-refractivity contribution in [1.29, 1.82) is 0 Å². The van der Waals surface area contributed by atoms with E-state index in [0.29, 0.717) is 0 Å². The van der Waals surface area contributed by atoms with Gasteiger partial charge in [0.2, 0.25) is 5.91 Å². The molecule has 0 bridgehead atoms. The van der Waals surface area contributed by atoms with Crippen molar-refractivity contribution < 1.29 is 4.79 Å². The molecule has 0 aromatic heterocycles. The Morgan fingerprint density at radius 1 is 1.36 bits per heavy atom. The third kappa shape index (κ3) is 1.70. The molecule has 3 nitrogen and oxygen atoms in total. The largest absolute Gasteiger partial charge is 0.399 e.